The van der Waals surface area contributed by atoms with Crippen molar-refractivity contribution in [1.29, 1.82) is 0 Å². The van der Waals surface area contributed by atoms with Crippen molar-refractivity contribution >= 4 is 76.2 Å². The van der Waals surface area contributed by atoms with Crippen LogP contribution in [0.4, 0.5) is 0 Å². The normalized spacial score (nSPS) is 16.5. The zero-order chi connectivity index (χ0) is 56.7. The number of rotatable bonds is 4. The lowest BCUT2D eigenvalue weighted by Gasteiger charge is -2.27. The highest BCUT2D eigenvalue weighted by molar-refractivity contribution is 6.45. The van der Waals surface area contributed by atoms with E-state index in [-0.39, 0.29) is 32.5 Å². The van der Waals surface area contributed by atoms with Crippen LogP contribution in [-0.4, -0.2) is 8.80 Å². The first-order valence-electron chi connectivity index (χ1n) is 31.3. The molecule has 2 aliphatic rings. The predicted molar refractivity (Wildman–Crippen MR) is 350 cm³/mol. The lowest BCUT2D eigenvalue weighted by Crippen LogP contribution is -2.16. The van der Waals surface area contributed by atoms with Crippen LogP contribution in [0.2, 0.25) is 0 Å². The van der Waals surface area contributed by atoms with E-state index in [1.54, 1.807) is 11.1 Å². The summed E-state index contributed by atoms with van der Waals surface area (Å²) in [7, 11) is 0. The quantitative estimate of drug-likeness (QED) is 0.166. The van der Waals surface area contributed by atoms with Crippen LogP contribution >= 0.6 is 0 Å². The maximum Gasteiger partial charge on any atom is 0.0634 e. The first kappa shape index (κ1) is 53.5. The van der Waals surface area contributed by atoms with Gasteiger partial charge in [0, 0.05) is 43.1 Å². The summed E-state index contributed by atoms with van der Waals surface area (Å²) < 4.78 is 5.60. The molecule has 0 aliphatic heterocycles. The fourth-order valence-electron chi connectivity index (χ4n) is 15.1. The maximum absolute atomic E-state index is 2.80. The van der Waals surface area contributed by atoms with Crippen molar-refractivity contribution in [3.63, 3.8) is 0 Å². The number of hydrogen-bond donors (Lipinski definition) is 0. The van der Waals surface area contributed by atoms with E-state index in [9.17, 15) is 0 Å². The molecule has 0 spiro atoms. The van der Waals surface area contributed by atoms with Crippen molar-refractivity contribution in [1.82, 2.24) is 8.80 Å². The molecule has 2 nitrogen and oxygen atoms in total. The van der Waals surface area contributed by atoms with Crippen molar-refractivity contribution in [2.45, 2.75) is 233 Å². The molecular weight excluding hydrogens is 965 g/mol. The second-order valence-electron chi connectivity index (χ2n) is 32.0. The Balaban J connectivity index is 1.28. The topological polar surface area (TPSA) is 8.82 Å². The maximum atomic E-state index is 2.80. The van der Waals surface area contributed by atoms with Crippen LogP contribution in [0.15, 0.2) is 97.1 Å². The van der Waals surface area contributed by atoms with Gasteiger partial charge in [-0.25, -0.2) is 0 Å². The molecule has 2 heteroatoms. The molecule has 2 aliphatic carbocycles. The standard InChI is InChI=1S/C78H92N2/c1-73(2,3)53-33-49(34-54(43-53)74(4,5)6)47-29-31-63-57(37-47)65-67-59-39-51(45-25-21-19-22-26-45)42-62(78(16,17)18)70(59)80-64-32-30-48(50-35-55(75(7,8)9)44-56(36-50)76(10,11)12)38-58(64)66(72(67)80)68-60-40-52(46-27-23-20-24-28-46)41-61(77(13,14)15)69(60)79(63)71(65)68/h29-46H,19-28H2,1-18H3. The van der Waals surface area contributed by atoms with E-state index in [1.807, 2.05) is 0 Å². The molecular formula is C78H92N2. The minimum atomic E-state index is -0.0947. The van der Waals surface area contributed by atoms with Crippen molar-refractivity contribution in [2.24, 2.45) is 0 Å². The molecule has 13 rings (SSSR count). The summed E-state index contributed by atoms with van der Waals surface area (Å²) in [5.74, 6) is 1.16. The predicted octanol–water partition coefficient (Wildman–Crippen LogP) is 23.2. The highest BCUT2D eigenvalue weighted by atomic mass is 15.0. The minimum absolute atomic E-state index is 0.00894. The third-order valence-electron chi connectivity index (χ3n) is 19.9. The van der Waals surface area contributed by atoms with Crippen LogP contribution in [0, 0.1) is 0 Å². The van der Waals surface area contributed by atoms with Gasteiger partial charge in [-0.2, -0.15) is 0 Å². The largest absolute Gasteiger partial charge is 0.308 e. The fourth-order valence-corrected chi connectivity index (χ4v) is 15.1. The van der Waals surface area contributed by atoms with Crippen LogP contribution in [0.25, 0.3) is 98.4 Å². The van der Waals surface area contributed by atoms with Crippen LogP contribution in [0.5, 0.6) is 0 Å². The molecule has 0 N–H and O–H groups in total. The zero-order valence-corrected chi connectivity index (χ0v) is 52.4. The van der Waals surface area contributed by atoms with Crippen LogP contribution < -0.4 is 0 Å². The van der Waals surface area contributed by atoms with Gasteiger partial charge in [0.05, 0.1) is 33.1 Å². The van der Waals surface area contributed by atoms with Gasteiger partial charge in [0.25, 0.3) is 0 Å². The second kappa shape index (κ2) is 17.8. The Hall–Kier alpha value is -5.86. The molecule has 7 aromatic carbocycles. The molecule has 0 radical (unpaired) electrons. The van der Waals surface area contributed by atoms with E-state index in [0.29, 0.717) is 11.8 Å². The van der Waals surface area contributed by atoms with Crippen molar-refractivity contribution < 1.29 is 0 Å². The molecule has 0 amide bonds. The highest BCUT2D eigenvalue weighted by Crippen LogP contribution is 2.56. The van der Waals surface area contributed by atoms with Gasteiger partial charge in [-0.15, -0.1) is 0 Å². The molecule has 4 aromatic heterocycles. The van der Waals surface area contributed by atoms with Crippen LogP contribution in [0.3, 0.4) is 0 Å². The molecule has 11 aromatic rings. The minimum Gasteiger partial charge on any atom is -0.308 e. The Labute approximate surface area is 479 Å². The molecule has 0 atom stereocenters. The second-order valence-corrected chi connectivity index (χ2v) is 32.0. The molecule has 0 saturated heterocycles. The van der Waals surface area contributed by atoms with Crippen LogP contribution in [-0.2, 0) is 32.5 Å². The van der Waals surface area contributed by atoms with E-state index in [2.05, 4.69) is 230 Å². The average Bonchev–Trinajstić information content (AvgIpc) is 2.65. The molecule has 80 heavy (non-hydrogen) atoms. The highest BCUT2D eigenvalue weighted by Gasteiger charge is 2.35. The van der Waals surface area contributed by atoms with Gasteiger partial charge in [-0.1, -0.05) is 224 Å². The van der Waals surface area contributed by atoms with Crippen molar-refractivity contribution in [3.8, 4) is 22.3 Å². The summed E-state index contributed by atoms with van der Waals surface area (Å²) in [6.45, 7) is 43.3. The lowest BCUT2D eigenvalue weighted by atomic mass is 9.78. The Morgan fingerprint density at radius 2 is 0.600 bits per heavy atom. The molecule has 0 bridgehead atoms. The third kappa shape index (κ3) is 8.43. The summed E-state index contributed by atoms with van der Waals surface area (Å²) in [5.41, 5.74) is 25.0. The molecule has 414 valence electrons. The number of nitrogens with zero attached hydrogens (tertiary/aromatic N) is 2. The number of benzene rings is 7. The van der Waals surface area contributed by atoms with Crippen molar-refractivity contribution in [2.75, 3.05) is 0 Å². The number of hydrogen-bond acceptors (Lipinski definition) is 0. The van der Waals surface area contributed by atoms with Gasteiger partial charge in [0.15, 0.2) is 0 Å². The molecule has 2 saturated carbocycles. The lowest BCUT2D eigenvalue weighted by molar-refractivity contribution is 0.443. The van der Waals surface area contributed by atoms with Gasteiger partial charge >= 0.3 is 0 Å². The van der Waals surface area contributed by atoms with E-state index in [0.717, 1.165) is 0 Å². The van der Waals surface area contributed by atoms with Gasteiger partial charge in [0.2, 0.25) is 0 Å². The SMILES string of the molecule is CC(C)(C)c1cc(-c2ccc3c(c2)c2c4c5cc(C6CCCCC6)cc(C(C)(C)C)c5n5c6ccc(-c7cc(C(C)(C)C)cc(C(C)(C)C)c7)cc6c(c6c7cc(C8CCCCC8)cc(C(C)(C)C)c7n3c26)c45)cc(C(C)(C)C)c1. The molecule has 0 unspecified atom stereocenters. The average molecular weight is 1060 g/mol. The van der Waals surface area contributed by atoms with E-state index in [1.165, 1.54) is 196 Å². The van der Waals surface area contributed by atoms with Gasteiger partial charge in [0.1, 0.15) is 0 Å². The van der Waals surface area contributed by atoms with Crippen LogP contribution in [0.1, 0.15) is 245 Å². The Kier molecular flexibility index (Phi) is 11.9. The summed E-state index contributed by atoms with van der Waals surface area (Å²) >= 11 is 0. The first-order chi connectivity index (χ1) is 37.5. The Bertz CT molecular complexity index is 3930. The molecule has 4 heterocycles. The third-order valence-corrected chi connectivity index (χ3v) is 19.9. The monoisotopic (exact) mass is 1060 g/mol. The summed E-state index contributed by atoms with van der Waals surface area (Å²) in [6, 6.07) is 41.0. The number of fused-ring (bicyclic) bond motifs is 14. The van der Waals surface area contributed by atoms with Gasteiger partial charge < -0.3 is 8.80 Å². The van der Waals surface area contributed by atoms with Gasteiger partial charge in [-0.3, -0.25) is 0 Å². The summed E-state index contributed by atoms with van der Waals surface area (Å²) in [4.78, 5) is 0. The smallest absolute Gasteiger partial charge is 0.0634 e. The van der Waals surface area contributed by atoms with E-state index >= 15 is 0 Å². The summed E-state index contributed by atoms with van der Waals surface area (Å²) in [5, 5.41) is 11.4. The van der Waals surface area contributed by atoms with E-state index < -0.39 is 0 Å². The van der Waals surface area contributed by atoms with Gasteiger partial charge in [-0.05, 0) is 173 Å². The molecule has 2 fully saturated rings. The fraction of sp³-hybridized carbons (Fsp3) is 0.462. The Morgan fingerprint density at radius 3 is 0.900 bits per heavy atom. The number of aromatic nitrogens is 2. The summed E-state index contributed by atoms with van der Waals surface area (Å²) in [6.07, 6.45) is 13.1. The Morgan fingerprint density at radius 1 is 0.287 bits per heavy atom. The van der Waals surface area contributed by atoms with E-state index in [4.69, 9.17) is 0 Å². The van der Waals surface area contributed by atoms with Crippen molar-refractivity contribution in [3.05, 3.63) is 142 Å². The first-order valence-corrected chi connectivity index (χ1v) is 31.3. The zero-order valence-electron chi connectivity index (χ0n) is 52.4.